The fraction of sp³-hybridized carbons (Fsp3) is 0.500. The van der Waals surface area contributed by atoms with Crippen molar-refractivity contribution in [1.82, 2.24) is 4.90 Å². The van der Waals surface area contributed by atoms with Gasteiger partial charge in [-0.05, 0) is 43.5 Å². The molecular formula is C18H23N3O3. The van der Waals surface area contributed by atoms with Gasteiger partial charge in [-0.15, -0.1) is 0 Å². The van der Waals surface area contributed by atoms with E-state index < -0.39 is 0 Å². The van der Waals surface area contributed by atoms with Gasteiger partial charge in [-0.3, -0.25) is 14.4 Å². The Balaban J connectivity index is 1.66. The summed E-state index contributed by atoms with van der Waals surface area (Å²) >= 11 is 0. The number of rotatable bonds is 3. The van der Waals surface area contributed by atoms with Gasteiger partial charge in [-0.1, -0.05) is 0 Å². The molecule has 128 valence electrons. The monoisotopic (exact) mass is 329 g/mol. The number of amides is 3. The SMILES string of the molecule is CC(=O)Nc1ccc(N2CC(C(=O)N3CCCCC3)CC2=O)cc1. The van der Waals surface area contributed by atoms with E-state index in [0.29, 0.717) is 12.2 Å². The number of piperidine rings is 1. The highest BCUT2D eigenvalue weighted by Gasteiger charge is 2.37. The molecule has 2 heterocycles. The van der Waals surface area contributed by atoms with Crippen molar-refractivity contribution in [2.24, 2.45) is 5.92 Å². The van der Waals surface area contributed by atoms with Crippen LogP contribution in [0.3, 0.4) is 0 Å². The summed E-state index contributed by atoms with van der Waals surface area (Å²) in [6.07, 6.45) is 3.57. The molecule has 0 aliphatic carbocycles. The Hall–Kier alpha value is -2.37. The van der Waals surface area contributed by atoms with Crippen LogP contribution in [0.2, 0.25) is 0 Å². The van der Waals surface area contributed by atoms with Gasteiger partial charge in [0.25, 0.3) is 0 Å². The van der Waals surface area contributed by atoms with Gasteiger partial charge in [0, 0.05) is 44.4 Å². The second-order valence-electron chi connectivity index (χ2n) is 6.52. The van der Waals surface area contributed by atoms with Crippen LogP contribution in [0.1, 0.15) is 32.6 Å². The average molecular weight is 329 g/mol. The summed E-state index contributed by atoms with van der Waals surface area (Å²) < 4.78 is 0. The molecule has 2 aliphatic rings. The normalized spacial score (nSPS) is 21.0. The lowest BCUT2D eigenvalue weighted by Crippen LogP contribution is -2.40. The average Bonchev–Trinajstić information content (AvgIpc) is 2.97. The molecule has 2 aliphatic heterocycles. The number of nitrogens with zero attached hydrogens (tertiary/aromatic N) is 2. The molecule has 1 unspecified atom stereocenters. The van der Waals surface area contributed by atoms with Crippen LogP contribution in [0.5, 0.6) is 0 Å². The van der Waals surface area contributed by atoms with Crippen LogP contribution in [-0.2, 0) is 14.4 Å². The second kappa shape index (κ2) is 7.03. The van der Waals surface area contributed by atoms with E-state index >= 15 is 0 Å². The lowest BCUT2D eigenvalue weighted by atomic mass is 10.0. The van der Waals surface area contributed by atoms with Crippen LogP contribution < -0.4 is 10.2 Å². The molecule has 2 saturated heterocycles. The van der Waals surface area contributed by atoms with E-state index in [1.807, 2.05) is 4.90 Å². The van der Waals surface area contributed by atoms with Gasteiger partial charge in [-0.2, -0.15) is 0 Å². The molecule has 1 aromatic rings. The van der Waals surface area contributed by atoms with Crippen molar-refractivity contribution in [3.63, 3.8) is 0 Å². The number of hydrogen-bond acceptors (Lipinski definition) is 3. The molecule has 1 atom stereocenters. The first kappa shape index (κ1) is 16.5. The fourth-order valence-electron chi connectivity index (χ4n) is 3.42. The van der Waals surface area contributed by atoms with Crippen molar-refractivity contribution in [2.75, 3.05) is 29.9 Å². The lowest BCUT2D eigenvalue weighted by molar-refractivity contribution is -0.136. The zero-order valence-corrected chi connectivity index (χ0v) is 14.0. The summed E-state index contributed by atoms with van der Waals surface area (Å²) in [7, 11) is 0. The molecule has 3 rings (SSSR count). The third-order valence-corrected chi connectivity index (χ3v) is 4.64. The van der Waals surface area contributed by atoms with Crippen molar-refractivity contribution < 1.29 is 14.4 Å². The molecule has 0 aromatic heterocycles. The standard InChI is InChI=1S/C18H23N3O3/c1-13(22)19-15-5-7-16(8-6-15)21-12-14(11-17(21)23)18(24)20-9-3-2-4-10-20/h5-8,14H,2-4,9-12H2,1H3,(H,19,22). The molecule has 6 nitrogen and oxygen atoms in total. The van der Waals surface area contributed by atoms with Gasteiger partial charge < -0.3 is 15.1 Å². The Morgan fingerprint density at radius 3 is 2.38 bits per heavy atom. The number of hydrogen-bond donors (Lipinski definition) is 1. The molecule has 6 heteroatoms. The maximum Gasteiger partial charge on any atom is 0.228 e. The fourth-order valence-corrected chi connectivity index (χ4v) is 3.42. The highest BCUT2D eigenvalue weighted by atomic mass is 16.2. The molecule has 0 saturated carbocycles. The van der Waals surface area contributed by atoms with Crippen LogP contribution >= 0.6 is 0 Å². The number of carbonyl (C=O) groups excluding carboxylic acids is 3. The van der Waals surface area contributed by atoms with E-state index in [4.69, 9.17) is 0 Å². The van der Waals surface area contributed by atoms with Gasteiger partial charge in [-0.25, -0.2) is 0 Å². The van der Waals surface area contributed by atoms with Crippen LogP contribution in [0, 0.1) is 5.92 Å². The number of likely N-dealkylation sites (tertiary alicyclic amines) is 1. The summed E-state index contributed by atoms with van der Waals surface area (Å²) in [5, 5.41) is 2.70. The molecule has 1 aromatic carbocycles. The maximum absolute atomic E-state index is 12.6. The summed E-state index contributed by atoms with van der Waals surface area (Å²) in [5.74, 6) is -0.282. The second-order valence-corrected chi connectivity index (χ2v) is 6.52. The van der Waals surface area contributed by atoms with Crippen molar-refractivity contribution in [1.29, 1.82) is 0 Å². The van der Waals surface area contributed by atoms with Gasteiger partial charge in [0.05, 0.1) is 5.92 Å². The predicted octanol–water partition coefficient (Wildman–Crippen LogP) is 2.01. The highest BCUT2D eigenvalue weighted by Crippen LogP contribution is 2.28. The Morgan fingerprint density at radius 1 is 1.08 bits per heavy atom. The topological polar surface area (TPSA) is 69.7 Å². The first-order valence-corrected chi connectivity index (χ1v) is 8.51. The molecule has 24 heavy (non-hydrogen) atoms. The van der Waals surface area contributed by atoms with E-state index in [-0.39, 0.29) is 30.1 Å². The van der Waals surface area contributed by atoms with Crippen molar-refractivity contribution in [3.8, 4) is 0 Å². The predicted molar refractivity (Wildman–Crippen MR) is 91.6 cm³/mol. The van der Waals surface area contributed by atoms with E-state index in [0.717, 1.165) is 31.6 Å². The Kier molecular flexibility index (Phi) is 4.83. The van der Waals surface area contributed by atoms with Crippen LogP contribution in [0.4, 0.5) is 11.4 Å². The third-order valence-electron chi connectivity index (χ3n) is 4.64. The largest absolute Gasteiger partial charge is 0.342 e. The van der Waals surface area contributed by atoms with E-state index in [2.05, 4.69) is 5.32 Å². The first-order chi connectivity index (χ1) is 11.5. The lowest BCUT2D eigenvalue weighted by Gasteiger charge is -2.29. The number of benzene rings is 1. The summed E-state index contributed by atoms with van der Waals surface area (Å²) in [5.41, 5.74) is 1.46. The molecule has 0 spiro atoms. The summed E-state index contributed by atoms with van der Waals surface area (Å²) in [6.45, 7) is 3.52. The van der Waals surface area contributed by atoms with Crippen molar-refractivity contribution in [2.45, 2.75) is 32.6 Å². The maximum atomic E-state index is 12.6. The first-order valence-electron chi connectivity index (χ1n) is 8.51. The number of nitrogens with one attached hydrogen (secondary N) is 1. The molecule has 3 amide bonds. The van der Waals surface area contributed by atoms with Gasteiger partial charge in [0.1, 0.15) is 0 Å². The number of carbonyl (C=O) groups is 3. The highest BCUT2D eigenvalue weighted by molar-refractivity contribution is 6.00. The van der Waals surface area contributed by atoms with E-state index in [9.17, 15) is 14.4 Å². The molecule has 2 fully saturated rings. The molecule has 0 radical (unpaired) electrons. The van der Waals surface area contributed by atoms with Crippen LogP contribution in [0.25, 0.3) is 0 Å². The van der Waals surface area contributed by atoms with E-state index in [1.54, 1.807) is 29.2 Å². The quantitative estimate of drug-likeness (QED) is 0.922. The Bertz CT molecular complexity index is 635. The molecule has 1 N–H and O–H groups in total. The smallest absolute Gasteiger partial charge is 0.228 e. The van der Waals surface area contributed by atoms with Crippen molar-refractivity contribution >= 4 is 29.1 Å². The summed E-state index contributed by atoms with van der Waals surface area (Å²) in [6, 6.07) is 7.14. The molecular weight excluding hydrogens is 306 g/mol. The minimum absolute atomic E-state index is 0.0161. The minimum atomic E-state index is -0.245. The Labute approximate surface area is 141 Å². The Morgan fingerprint density at radius 2 is 1.75 bits per heavy atom. The minimum Gasteiger partial charge on any atom is -0.342 e. The van der Waals surface area contributed by atoms with Gasteiger partial charge >= 0.3 is 0 Å². The zero-order valence-electron chi connectivity index (χ0n) is 14.0. The van der Waals surface area contributed by atoms with Gasteiger partial charge in [0.2, 0.25) is 17.7 Å². The third kappa shape index (κ3) is 3.58. The van der Waals surface area contributed by atoms with Crippen molar-refractivity contribution in [3.05, 3.63) is 24.3 Å². The number of anilines is 2. The van der Waals surface area contributed by atoms with Crippen LogP contribution in [0.15, 0.2) is 24.3 Å². The summed E-state index contributed by atoms with van der Waals surface area (Å²) in [4.78, 5) is 39.6. The van der Waals surface area contributed by atoms with Crippen LogP contribution in [-0.4, -0.2) is 42.3 Å². The zero-order chi connectivity index (χ0) is 17.1. The molecule has 0 bridgehead atoms. The van der Waals surface area contributed by atoms with Gasteiger partial charge in [0.15, 0.2) is 0 Å². The van der Waals surface area contributed by atoms with E-state index in [1.165, 1.54) is 13.3 Å².